The molecular formula is C17H29N3. The number of likely N-dealkylation sites (N-methyl/N-ethyl adjacent to an activating group) is 2. The van der Waals surface area contributed by atoms with E-state index >= 15 is 0 Å². The Morgan fingerprint density at radius 2 is 1.90 bits per heavy atom. The monoisotopic (exact) mass is 275 g/mol. The van der Waals surface area contributed by atoms with Crippen molar-refractivity contribution in [2.45, 2.75) is 18.9 Å². The Balaban J connectivity index is 1.95. The summed E-state index contributed by atoms with van der Waals surface area (Å²) >= 11 is 0. The highest BCUT2D eigenvalue weighted by molar-refractivity contribution is 5.19. The van der Waals surface area contributed by atoms with E-state index in [2.05, 4.69) is 59.5 Å². The van der Waals surface area contributed by atoms with Gasteiger partial charge in [0.2, 0.25) is 0 Å². The summed E-state index contributed by atoms with van der Waals surface area (Å²) in [5.41, 5.74) is 1.41. The van der Waals surface area contributed by atoms with Crippen LogP contribution in [0.25, 0.3) is 0 Å². The Kier molecular flexibility index (Phi) is 6.02. The summed E-state index contributed by atoms with van der Waals surface area (Å²) in [6.45, 7) is 4.71. The minimum Gasteiger partial charge on any atom is -0.318 e. The summed E-state index contributed by atoms with van der Waals surface area (Å²) in [6.07, 6.45) is 2.67. The lowest BCUT2D eigenvalue weighted by molar-refractivity contribution is 0.149. The molecule has 20 heavy (non-hydrogen) atoms. The Morgan fingerprint density at radius 3 is 2.50 bits per heavy atom. The van der Waals surface area contributed by atoms with E-state index in [9.17, 15) is 0 Å². The van der Waals surface area contributed by atoms with Crippen molar-refractivity contribution in [3.8, 4) is 0 Å². The average molecular weight is 275 g/mol. The van der Waals surface area contributed by atoms with Crippen LogP contribution in [-0.2, 0) is 0 Å². The largest absolute Gasteiger partial charge is 0.318 e. The lowest BCUT2D eigenvalue weighted by Gasteiger charge is -2.35. The van der Waals surface area contributed by atoms with Crippen LogP contribution in [0.4, 0.5) is 0 Å². The predicted octanol–water partition coefficient (Wildman–Crippen LogP) is 2.22. The molecule has 3 nitrogen and oxygen atoms in total. The number of hydrogen-bond acceptors (Lipinski definition) is 3. The molecule has 3 heteroatoms. The lowest BCUT2D eigenvalue weighted by Crippen LogP contribution is -2.39. The van der Waals surface area contributed by atoms with Gasteiger partial charge in [-0.05, 0) is 58.6 Å². The van der Waals surface area contributed by atoms with E-state index in [1.54, 1.807) is 0 Å². The zero-order valence-corrected chi connectivity index (χ0v) is 13.2. The van der Waals surface area contributed by atoms with E-state index in [1.165, 1.54) is 38.0 Å². The molecule has 0 saturated carbocycles. The number of likely N-dealkylation sites (tertiary alicyclic amines) is 1. The second-order valence-corrected chi connectivity index (χ2v) is 6.17. The van der Waals surface area contributed by atoms with Gasteiger partial charge >= 0.3 is 0 Å². The van der Waals surface area contributed by atoms with Crippen molar-refractivity contribution < 1.29 is 0 Å². The van der Waals surface area contributed by atoms with Crippen LogP contribution in [0.3, 0.4) is 0 Å². The smallest absolute Gasteiger partial charge is 0.0469 e. The molecule has 1 heterocycles. The number of rotatable bonds is 6. The first-order valence-electron chi connectivity index (χ1n) is 7.79. The van der Waals surface area contributed by atoms with Gasteiger partial charge in [-0.25, -0.2) is 0 Å². The second kappa shape index (κ2) is 7.77. The Bertz CT molecular complexity index is 371. The molecule has 1 aliphatic heterocycles. The SMILES string of the molecule is CNCC(c1ccccc1)N(C)CC1CCN(C)CC1. The van der Waals surface area contributed by atoms with Crippen LogP contribution in [0.1, 0.15) is 24.4 Å². The summed E-state index contributed by atoms with van der Waals surface area (Å²) in [4.78, 5) is 4.97. The number of nitrogens with zero attached hydrogens (tertiary/aromatic N) is 2. The van der Waals surface area contributed by atoms with Crippen molar-refractivity contribution in [3.05, 3.63) is 35.9 Å². The van der Waals surface area contributed by atoms with Crippen LogP contribution in [0, 0.1) is 5.92 Å². The van der Waals surface area contributed by atoms with Gasteiger partial charge in [0.25, 0.3) is 0 Å². The van der Waals surface area contributed by atoms with Gasteiger partial charge in [-0.2, -0.15) is 0 Å². The fourth-order valence-corrected chi connectivity index (χ4v) is 3.18. The van der Waals surface area contributed by atoms with Gasteiger partial charge in [0, 0.05) is 19.1 Å². The van der Waals surface area contributed by atoms with Crippen LogP contribution >= 0.6 is 0 Å². The van der Waals surface area contributed by atoms with Crippen molar-refractivity contribution in [3.63, 3.8) is 0 Å². The summed E-state index contributed by atoms with van der Waals surface area (Å²) in [5.74, 6) is 0.847. The maximum Gasteiger partial charge on any atom is 0.0469 e. The van der Waals surface area contributed by atoms with E-state index in [0.29, 0.717) is 6.04 Å². The van der Waals surface area contributed by atoms with Crippen molar-refractivity contribution in [1.82, 2.24) is 15.1 Å². The quantitative estimate of drug-likeness (QED) is 0.859. The highest BCUT2D eigenvalue weighted by atomic mass is 15.2. The Labute approximate surface area is 124 Å². The van der Waals surface area contributed by atoms with E-state index in [-0.39, 0.29) is 0 Å². The topological polar surface area (TPSA) is 18.5 Å². The van der Waals surface area contributed by atoms with E-state index < -0.39 is 0 Å². The van der Waals surface area contributed by atoms with Gasteiger partial charge in [0.1, 0.15) is 0 Å². The van der Waals surface area contributed by atoms with Crippen molar-refractivity contribution in [2.75, 3.05) is 47.3 Å². The normalized spacial score (nSPS) is 19.4. The molecule has 2 rings (SSSR count). The molecule has 1 N–H and O–H groups in total. The van der Waals surface area contributed by atoms with Gasteiger partial charge in [-0.3, -0.25) is 4.90 Å². The van der Waals surface area contributed by atoms with Gasteiger partial charge in [0.05, 0.1) is 0 Å². The van der Waals surface area contributed by atoms with E-state index in [1.807, 2.05) is 7.05 Å². The summed E-state index contributed by atoms with van der Waals surface area (Å²) < 4.78 is 0. The van der Waals surface area contributed by atoms with Gasteiger partial charge in [-0.1, -0.05) is 30.3 Å². The summed E-state index contributed by atoms with van der Waals surface area (Å²) in [7, 11) is 6.54. The van der Waals surface area contributed by atoms with Crippen molar-refractivity contribution in [1.29, 1.82) is 0 Å². The van der Waals surface area contributed by atoms with E-state index in [0.717, 1.165) is 12.5 Å². The first-order chi connectivity index (χ1) is 9.70. The molecule has 0 bridgehead atoms. The molecule has 1 aliphatic rings. The summed E-state index contributed by atoms with van der Waals surface area (Å²) in [5, 5.41) is 3.34. The summed E-state index contributed by atoms with van der Waals surface area (Å²) in [6, 6.07) is 11.3. The van der Waals surface area contributed by atoms with Crippen molar-refractivity contribution >= 4 is 0 Å². The van der Waals surface area contributed by atoms with Gasteiger partial charge in [0.15, 0.2) is 0 Å². The zero-order chi connectivity index (χ0) is 14.4. The molecule has 0 radical (unpaired) electrons. The molecule has 0 aliphatic carbocycles. The van der Waals surface area contributed by atoms with E-state index in [4.69, 9.17) is 0 Å². The van der Waals surface area contributed by atoms with Crippen LogP contribution in [0.2, 0.25) is 0 Å². The number of hydrogen-bond donors (Lipinski definition) is 1. The molecule has 112 valence electrons. The molecule has 1 unspecified atom stereocenters. The minimum absolute atomic E-state index is 0.473. The Morgan fingerprint density at radius 1 is 1.25 bits per heavy atom. The van der Waals surface area contributed by atoms with Gasteiger partial charge in [-0.15, -0.1) is 0 Å². The molecule has 0 amide bonds. The number of piperidine rings is 1. The number of nitrogens with one attached hydrogen (secondary N) is 1. The fraction of sp³-hybridized carbons (Fsp3) is 0.647. The lowest BCUT2D eigenvalue weighted by atomic mass is 9.95. The highest BCUT2D eigenvalue weighted by Gasteiger charge is 2.22. The van der Waals surface area contributed by atoms with Crippen LogP contribution < -0.4 is 5.32 Å². The molecular weight excluding hydrogens is 246 g/mol. The maximum absolute atomic E-state index is 3.34. The highest BCUT2D eigenvalue weighted by Crippen LogP contribution is 2.23. The predicted molar refractivity (Wildman–Crippen MR) is 86.0 cm³/mol. The minimum atomic E-state index is 0.473. The first kappa shape index (κ1) is 15.5. The maximum atomic E-state index is 3.34. The first-order valence-corrected chi connectivity index (χ1v) is 7.79. The van der Waals surface area contributed by atoms with Crippen LogP contribution in [0.15, 0.2) is 30.3 Å². The second-order valence-electron chi connectivity index (χ2n) is 6.17. The third kappa shape index (κ3) is 4.30. The molecule has 1 fully saturated rings. The molecule has 0 spiro atoms. The number of benzene rings is 1. The molecule has 1 aromatic rings. The third-order valence-corrected chi connectivity index (χ3v) is 4.50. The molecule has 1 atom stereocenters. The standard InChI is InChI=1S/C17H29N3/c1-18-13-17(16-7-5-4-6-8-16)20(3)14-15-9-11-19(2)12-10-15/h4-8,15,17-18H,9-14H2,1-3H3. The zero-order valence-electron chi connectivity index (χ0n) is 13.2. The molecule has 1 saturated heterocycles. The fourth-order valence-electron chi connectivity index (χ4n) is 3.18. The van der Waals surface area contributed by atoms with Crippen molar-refractivity contribution in [2.24, 2.45) is 5.92 Å². The third-order valence-electron chi connectivity index (χ3n) is 4.50. The Hall–Kier alpha value is -0.900. The molecule has 0 aromatic heterocycles. The van der Waals surface area contributed by atoms with Crippen LogP contribution in [-0.4, -0.2) is 57.1 Å². The van der Waals surface area contributed by atoms with Crippen LogP contribution in [0.5, 0.6) is 0 Å². The average Bonchev–Trinajstić information content (AvgIpc) is 2.48. The van der Waals surface area contributed by atoms with Gasteiger partial charge < -0.3 is 10.2 Å². The molecule has 1 aromatic carbocycles.